The van der Waals surface area contributed by atoms with Crippen molar-refractivity contribution < 1.29 is 9.50 Å². The summed E-state index contributed by atoms with van der Waals surface area (Å²) in [4.78, 5) is 0. The van der Waals surface area contributed by atoms with E-state index in [2.05, 4.69) is 0 Å². The second-order valence-corrected chi connectivity index (χ2v) is 4.40. The summed E-state index contributed by atoms with van der Waals surface area (Å²) >= 11 is 5.71. The highest BCUT2D eigenvalue weighted by Crippen LogP contribution is 2.30. The average molecular weight is 217 g/mol. The SMILES string of the molecule is CC(C)[C@@](C)(O)c1cc(F)cc(Cl)c1. The molecular formula is C11H14ClFO. The van der Waals surface area contributed by atoms with Crippen molar-refractivity contribution in [2.75, 3.05) is 0 Å². The molecule has 0 bridgehead atoms. The second-order valence-electron chi connectivity index (χ2n) is 3.96. The topological polar surface area (TPSA) is 20.2 Å². The lowest BCUT2D eigenvalue weighted by molar-refractivity contribution is 0.00879. The van der Waals surface area contributed by atoms with Gasteiger partial charge in [-0.2, -0.15) is 0 Å². The van der Waals surface area contributed by atoms with Gasteiger partial charge in [0, 0.05) is 5.02 Å². The van der Waals surface area contributed by atoms with Crippen molar-refractivity contribution in [3.63, 3.8) is 0 Å². The number of halogens is 2. The fraction of sp³-hybridized carbons (Fsp3) is 0.455. The van der Waals surface area contributed by atoms with Crippen LogP contribution in [0.1, 0.15) is 26.3 Å². The molecule has 0 spiro atoms. The first kappa shape index (κ1) is 11.5. The second kappa shape index (κ2) is 3.87. The zero-order valence-corrected chi connectivity index (χ0v) is 9.27. The Bertz CT molecular complexity index is 314. The Hall–Kier alpha value is -0.600. The van der Waals surface area contributed by atoms with Crippen LogP contribution in [0.4, 0.5) is 4.39 Å². The maximum absolute atomic E-state index is 13.0. The number of aliphatic hydroxyl groups is 1. The zero-order chi connectivity index (χ0) is 10.9. The van der Waals surface area contributed by atoms with Gasteiger partial charge in [0.2, 0.25) is 0 Å². The zero-order valence-electron chi connectivity index (χ0n) is 8.51. The molecule has 0 aromatic heterocycles. The first-order valence-corrected chi connectivity index (χ1v) is 4.90. The van der Waals surface area contributed by atoms with E-state index in [9.17, 15) is 9.50 Å². The summed E-state index contributed by atoms with van der Waals surface area (Å²) in [6, 6.07) is 4.12. The van der Waals surface area contributed by atoms with E-state index >= 15 is 0 Å². The summed E-state index contributed by atoms with van der Waals surface area (Å²) in [5.74, 6) is -0.422. The molecular weight excluding hydrogens is 203 g/mol. The molecule has 14 heavy (non-hydrogen) atoms. The smallest absolute Gasteiger partial charge is 0.125 e. The lowest BCUT2D eigenvalue weighted by Crippen LogP contribution is -2.28. The van der Waals surface area contributed by atoms with Crippen molar-refractivity contribution in [3.05, 3.63) is 34.6 Å². The molecule has 1 N–H and O–H groups in total. The van der Waals surface area contributed by atoms with Crippen LogP contribution in [0.25, 0.3) is 0 Å². The van der Waals surface area contributed by atoms with E-state index in [1.165, 1.54) is 12.1 Å². The molecule has 0 heterocycles. The first-order chi connectivity index (χ1) is 6.34. The highest BCUT2D eigenvalue weighted by Gasteiger charge is 2.27. The van der Waals surface area contributed by atoms with Gasteiger partial charge in [0.05, 0.1) is 5.60 Å². The maximum atomic E-state index is 13.0. The van der Waals surface area contributed by atoms with E-state index in [4.69, 9.17) is 11.6 Å². The van der Waals surface area contributed by atoms with E-state index in [0.29, 0.717) is 10.6 Å². The lowest BCUT2D eigenvalue weighted by atomic mass is 9.85. The minimum absolute atomic E-state index is 0.000340. The quantitative estimate of drug-likeness (QED) is 0.804. The molecule has 0 saturated heterocycles. The average Bonchev–Trinajstić information content (AvgIpc) is 2.01. The van der Waals surface area contributed by atoms with Crippen molar-refractivity contribution in [2.45, 2.75) is 26.4 Å². The van der Waals surface area contributed by atoms with Gasteiger partial charge in [0.15, 0.2) is 0 Å². The number of rotatable bonds is 2. The van der Waals surface area contributed by atoms with Crippen LogP contribution in [0.5, 0.6) is 0 Å². The maximum Gasteiger partial charge on any atom is 0.125 e. The summed E-state index contributed by atoms with van der Waals surface area (Å²) in [5.41, 5.74) is -0.538. The molecule has 3 heteroatoms. The van der Waals surface area contributed by atoms with Crippen LogP contribution >= 0.6 is 11.6 Å². The molecule has 0 fully saturated rings. The molecule has 1 aromatic rings. The summed E-state index contributed by atoms with van der Waals surface area (Å²) in [6.07, 6.45) is 0. The number of hydrogen-bond acceptors (Lipinski definition) is 1. The highest BCUT2D eigenvalue weighted by molar-refractivity contribution is 6.30. The molecule has 1 rings (SSSR count). The third kappa shape index (κ3) is 2.25. The predicted molar refractivity (Wildman–Crippen MR) is 55.8 cm³/mol. The van der Waals surface area contributed by atoms with Crippen molar-refractivity contribution >= 4 is 11.6 Å². The van der Waals surface area contributed by atoms with Gasteiger partial charge in [-0.05, 0) is 36.6 Å². The Morgan fingerprint density at radius 2 is 1.93 bits per heavy atom. The molecule has 0 aliphatic rings. The Kier molecular flexibility index (Phi) is 3.17. The van der Waals surface area contributed by atoms with Crippen LogP contribution in [0.15, 0.2) is 18.2 Å². The van der Waals surface area contributed by atoms with Crippen molar-refractivity contribution in [1.82, 2.24) is 0 Å². The monoisotopic (exact) mass is 216 g/mol. The van der Waals surface area contributed by atoms with E-state index < -0.39 is 11.4 Å². The molecule has 1 nitrogen and oxygen atoms in total. The molecule has 0 unspecified atom stereocenters. The lowest BCUT2D eigenvalue weighted by Gasteiger charge is -2.28. The molecule has 0 amide bonds. The van der Waals surface area contributed by atoms with Gasteiger partial charge in [-0.1, -0.05) is 25.4 Å². The minimum atomic E-state index is -1.05. The Balaban J connectivity index is 3.18. The summed E-state index contributed by atoms with van der Waals surface area (Å²) < 4.78 is 13.0. The standard InChI is InChI=1S/C11H14ClFO/c1-7(2)11(3,14)8-4-9(12)6-10(13)5-8/h4-7,14H,1-3H3/t11-/m1/s1. The van der Waals surface area contributed by atoms with Crippen LogP contribution < -0.4 is 0 Å². The Labute approximate surface area is 88.5 Å². The normalized spacial score (nSPS) is 15.6. The van der Waals surface area contributed by atoms with Crippen LogP contribution in [0, 0.1) is 11.7 Å². The molecule has 0 aliphatic heterocycles. The molecule has 78 valence electrons. The minimum Gasteiger partial charge on any atom is -0.385 e. The van der Waals surface area contributed by atoms with Crippen LogP contribution in [0.3, 0.4) is 0 Å². The summed E-state index contributed by atoms with van der Waals surface area (Å²) in [5, 5.41) is 10.4. The predicted octanol–water partition coefficient (Wildman–Crippen LogP) is 3.34. The Morgan fingerprint density at radius 1 is 1.36 bits per heavy atom. The van der Waals surface area contributed by atoms with Crippen LogP contribution in [-0.4, -0.2) is 5.11 Å². The number of benzene rings is 1. The molecule has 0 radical (unpaired) electrons. The van der Waals surface area contributed by atoms with Crippen LogP contribution in [0.2, 0.25) is 5.02 Å². The van der Waals surface area contributed by atoms with E-state index in [-0.39, 0.29) is 5.92 Å². The summed E-state index contributed by atoms with van der Waals surface area (Å²) in [6.45, 7) is 5.40. The van der Waals surface area contributed by atoms with E-state index in [1.54, 1.807) is 13.0 Å². The first-order valence-electron chi connectivity index (χ1n) is 4.53. The Morgan fingerprint density at radius 3 is 2.36 bits per heavy atom. The molecule has 1 atom stereocenters. The van der Waals surface area contributed by atoms with Crippen molar-refractivity contribution in [2.24, 2.45) is 5.92 Å². The largest absolute Gasteiger partial charge is 0.385 e. The van der Waals surface area contributed by atoms with Gasteiger partial charge in [0.1, 0.15) is 5.82 Å². The molecule has 0 aliphatic carbocycles. The fourth-order valence-corrected chi connectivity index (χ4v) is 1.40. The third-order valence-corrected chi connectivity index (χ3v) is 2.79. The number of hydrogen-bond donors (Lipinski definition) is 1. The summed E-state index contributed by atoms with van der Waals surface area (Å²) in [7, 11) is 0. The van der Waals surface area contributed by atoms with Gasteiger partial charge in [-0.25, -0.2) is 4.39 Å². The van der Waals surface area contributed by atoms with Gasteiger partial charge < -0.3 is 5.11 Å². The molecule has 0 saturated carbocycles. The van der Waals surface area contributed by atoms with Crippen molar-refractivity contribution in [1.29, 1.82) is 0 Å². The van der Waals surface area contributed by atoms with Gasteiger partial charge in [0.25, 0.3) is 0 Å². The van der Waals surface area contributed by atoms with Gasteiger partial charge in [-0.15, -0.1) is 0 Å². The van der Waals surface area contributed by atoms with Gasteiger partial charge in [-0.3, -0.25) is 0 Å². The van der Waals surface area contributed by atoms with E-state index in [1.807, 2.05) is 13.8 Å². The van der Waals surface area contributed by atoms with Gasteiger partial charge >= 0.3 is 0 Å². The van der Waals surface area contributed by atoms with E-state index in [0.717, 1.165) is 0 Å². The van der Waals surface area contributed by atoms with Crippen molar-refractivity contribution in [3.8, 4) is 0 Å². The van der Waals surface area contributed by atoms with Crippen LogP contribution in [-0.2, 0) is 5.60 Å². The highest BCUT2D eigenvalue weighted by atomic mass is 35.5. The third-order valence-electron chi connectivity index (χ3n) is 2.57. The molecule has 1 aromatic carbocycles. The fourth-order valence-electron chi connectivity index (χ4n) is 1.18.